The third-order valence-corrected chi connectivity index (χ3v) is 3.49. The maximum absolute atomic E-state index is 11.5. The van der Waals surface area contributed by atoms with Gasteiger partial charge in [-0.15, -0.1) is 0 Å². The first-order chi connectivity index (χ1) is 10.6. The smallest absolute Gasteiger partial charge is 0.169 e. The SMILES string of the molecule is Cc1cccn2c(C=O)c(-c3ccc(OC(C)C)cc3)nc12. The Balaban J connectivity index is 2.09. The fourth-order valence-electron chi connectivity index (χ4n) is 2.51. The molecule has 2 heterocycles. The van der Waals surface area contributed by atoms with E-state index in [0.29, 0.717) is 11.4 Å². The van der Waals surface area contributed by atoms with Crippen LogP contribution in [-0.4, -0.2) is 21.8 Å². The van der Waals surface area contributed by atoms with Gasteiger partial charge in [-0.1, -0.05) is 6.07 Å². The summed E-state index contributed by atoms with van der Waals surface area (Å²) in [6, 6.07) is 11.6. The average molecular weight is 294 g/mol. The molecule has 0 saturated carbocycles. The number of carbonyl (C=O) groups is 1. The molecule has 4 nitrogen and oxygen atoms in total. The standard InChI is InChI=1S/C18H18N2O2/c1-12(2)22-15-8-6-14(7-9-15)17-16(11-21)20-10-4-5-13(3)18(20)19-17/h4-12H,1-3H3. The molecule has 112 valence electrons. The molecule has 0 fully saturated rings. The number of fused-ring (bicyclic) bond motifs is 1. The van der Waals surface area contributed by atoms with Gasteiger partial charge in [0.2, 0.25) is 0 Å². The Bertz CT molecular complexity index is 817. The Kier molecular flexibility index (Phi) is 3.67. The van der Waals surface area contributed by atoms with Crippen molar-refractivity contribution in [1.82, 2.24) is 9.38 Å². The zero-order valence-electron chi connectivity index (χ0n) is 12.9. The summed E-state index contributed by atoms with van der Waals surface area (Å²) in [6.45, 7) is 5.97. The van der Waals surface area contributed by atoms with Crippen LogP contribution in [0.25, 0.3) is 16.9 Å². The van der Waals surface area contributed by atoms with Crippen LogP contribution in [0.15, 0.2) is 42.6 Å². The summed E-state index contributed by atoms with van der Waals surface area (Å²) in [5, 5.41) is 0. The first-order valence-corrected chi connectivity index (χ1v) is 7.30. The molecule has 3 rings (SSSR count). The minimum atomic E-state index is 0.134. The van der Waals surface area contributed by atoms with Crippen LogP contribution < -0.4 is 4.74 Å². The predicted octanol–water partition coefficient (Wildman–Crippen LogP) is 3.91. The highest BCUT2D eigenvalue weighted by Crippen LogP contribution is 2.26. The van der Waals surface area contributed by atoms with E-state index in [9.17, 15) is 4.79 Å². The largest absolute Gasteiger partial charge is 0.491 e. The summed E-state index contributed by atoms with van der Waals surface area (Å²) in [5.74, 6) is 0.811. The first kappa shape index (κ1) is 14.3. The summed E-state index contributed by atoms with van der Waals surface area (Å²) < 4.78 is 7.47. The lowest BCUT2D eigenvalue weighted by Crippen LogP contribution is -2.05. The van der Waals surface area contributed by atoms with Gasteiger partial charge in [-0.2, -0.15) is 0 Å². The van der Waals surface area contributed by atoms with E-state index >= 15 is 0 Å². The number of carbonyl (C=O) groups excluding carboxylic acids is 1. The molecular formula is C18H18N2O2. The van der Waals surface area contributed by atoms with Gasteiger partial charge in [0, 0.05) is 11.8 Å². The van der Waals surface area contributed by atoms with E-state index in [1.165, 1.54) is 0 Å². The average Bonchev–Trinajstić information content (AvgIpc) is 2.87. The highest BCUT2D eigenvalue weighted by atomic mass is 16.5. The summed E-state index contributed by atoms with van der Waals surface area (Å²) in [6.07, 6.45) is 2.85. The fourth-order valence-corrected chi connectivity index (χ4v) is 2.51. The molecule has 22 heavy (non-hydrogen) atoms. The molecule has 0 amide bonds. The molecular weight excluding hydrogens is 276 g/mol. The van der Waals surface area contributed by atoms with Crippen LogP contribution >= 0.6 is 0 Å². The molecule has 0 unspecified atom stereocenters. The maximum Gasteiger partial charge on any atom is 0.169 e. The lowest BCUT2D eigenvalue weighted by Gasteiger charge is -2.09. The van der Waals surface area contributed by atoms with E-state index in [0.717, 1.165) is 28.8 Å². The monoisotopic (exact) mass is 294 g/mol. The van der Waals surface area contributed by atoms with Gasteiger partial charge in [0.1, 0.15) is 22.8 Å². The van der Waals surface area contributed by atoms with E-state index in [4.69, 9.17) is 4.74 Å². The molecule has 0 aliphatic rings. The summed E-state index contributed by atoms with van der Waals surface area (Å²) in [4.78, 5) is 16.1. The first-order valence-electron chi connectivity index (χ1n) is 7.30. The van der Waals surface area contributed by atoms with Crippen LogP contribution in [0.2, 0.25) is 0 Å². The Morgan fingerprint density at radius 1 is 1.18 bits per heavy atom. The highest BCUT2D eigenvalue weighted by molar-refractivity contribution is 5.86. The Labute approximate surface area is 129 Å². The second kappa shape index (κ2) is 5.64. The Morgan fingerprint density at radius 2 is 1.91 bits per heavy atom. The normalized spacial score (nSPS) is 11.1. The van der Waals surface area contributed by atoms with Gasteiger partial charge >= 0.3 is 0 Å². The van der Waals surface area contributed by atoms with Gasteiger partial charge in [-0.05, 0) is 56.7 Å². The van der Waals surface area contributed by atoms with E-state index in [1.807, 2.05) is 67.8 Å². The van der Waals surface area contributed by atoms with Gasteiger partial charge in [-0.25, -0.2) is 4.98 Å². The molecule has 0 atom stereocenters. The lowest BCUT2D eigenvalue weighted by molar-refractivity contribution is 0.111. The van der Waals surface area contributed by atoms with Gasteiger partial charge in [0.25, 0.3) is 0 Å². The number of hydrogen-bond acceptors (Lipinski definition) is 3. The van der Waals surface area contributed by atoms with Crippen LogP contribution in [0.4, 0.5) is 0 Å². The van der Waals surface area contributed by atoms with Crippen molar-refractivity contribution in [2.24, 2.45) is 0 Å². The van der Waals surface area contributed by atoms with Crippen LogP contribution in [0.5, 0.6) is 5.75 Å². The number of benzene rings is 1. The zero-order chi connectivity index (χ0) is 15.7. The summed E-state index contributed by atoms with van der Waals surface area (Å²) >= 11 is 0. The van der Waals surface area contributed by atoms with E-state index < -0.39 is 0 Å². The Hall–Kier alpha value is -2.62. The summed E-state index contributed by atoms with van der Waals surface area (Å²) in [7, 11) is 0. The second-order valence-electron chi connectivity index (χ2n) is 5.54. The van der Waals surface area contributed by atoms with Crippen LogP contribution in [0.3, 0.4) is 0 Å². The zero-order valence-corrected chi connectivity index (χ0v) is 12.9. The van der Waals surface area contributed by atoms with Crippen molar-refractivity contribution < 1.29 is 9.53 Å². The molecule has 1 aromatic carbocycles. The number of rotatable bonds is 4. The molecule has 0 bridgehead atoms. The number of imidazole rings is 1. The number of aryl methyl sites for hydroxylation is 1. The topological polar surface area (TPSA) is 43.6 Å². The van der Waals surface area contributed by atoms with Crippen molar-refractivity contribution in [2.45, 2.75) is 26.9 Å². The van der Waals surface area contributed by atoms with Gasteiger partial charge in [-0.3, -0.25) is 9.20 Å². The number of nitrogens with zero attached hydrogens (tertiary/aromatic N) is 2. The molecule has 0 aliphatic carbocycles. The maximum atomic E-state index is 11.5. The number of ether oxygens (including phenoxy) is 1. The van der Waals surface area contributed by atoms with Crippen molar-refractivity contribution in [3.8, 4) is 17.0 Å². The van der Waals surface area contributed by atoms with E-state index in [-0.39, 0.29) is 6.10 Å². The molecule has 0 N–H and O–H groups in total. The van der Waals surface area contributed by atoms with Crippen molar-refractivity contribution in [3.63, 3.8) is 0 Å². The molecule has 0 aliphatic heterocycles. The quantitative estimate of drug-likeness (QED) is 0.685. The van der Waals surface area contributed by atoms with Crippen molar-refractivity contribution in [1.29, 1.82) is 0 Å². The van der Waals surface area contributed by atoms with Crippen molar-refractivity contribution in [3.05, 3.63) is 53.9 Å². The minimum absolute atomic E-state index is 0.134. The number of pyridine rings is 1. The number of aromatic nitrogens is 2. The van der Waals surface area contributed by atoms with Gasteiger partial charge in [0.05, 0.1) is 6.10 Å². The van der Waals surface area contributed by atoms with Crippen LogP contribution in [0.1, 0.15) is 29.9 Å². The van der Waals surface area contributed by atoms with E-state index in [2.05, 4.69) is 4.98 Å². The lowest BCUT2D eigenvalue weighted by atomic mass is 10.1. The van der Waals surface area contributed by atoms with Gasteiger partial charge < -0.3 is 4.74 Å². The fraction of sp³-hybridized carbons (Fsp3) is 0.222. The predicted molar refractivity (Wildman–Crippen MR) is 86.5 cm³/mol. The number of aldehydes is 1. The Morgan fingerprint density at radius 3 is 2.55 bits per heavy atom. The molecule has 0 spiro atoms. The second-order valence-corrected chi connectivity index (χ2v) is 5.54. The van der Waals surface area contributed by atoms with Crippen molar-refractivity contribution in [2.75, 3.05) is 0 Å². The molecule has 0 radical (unpaired) electrons. The minimum Gasteiger partial charge on any atom is -0.491 e. The number of hydrogen-bond donors (Lipinski definition) is 0. The third kappa shape index (κ3) is 2.48. The van der Waals surface area contributed by atoms with Crippen molar-refractivity contribution >= 4 is 11.9 Å². The van der Waals surface area contributed by atoms with E-state index in [1.54, 1.807) is 0 Å². The molecule has 0 saturated heterocycles. The molecule has 2 aromatic heterocycles. The van der Waals surface area contributed by atoms with Crippen LogP contribution in [0, 0.1) is 6.92 Å². The molecule has 3 aromatic rings. The van der Waals surface area contributed by atoms with Gasteiger partial charge in [0.15, 0.2) is 6.29 Å². The summed E-state index contributed by atoms with van der Waals surface area (Å²) in [5.41, 5.74) is 4.01. The third-order valence-electron chi connectivity index (χ3n) is 3.49. The van der Waals surface area contributed by atoms with Crippen LogP contribution in [-0.2, 0) is 0 Å². The molecule has 4 heteroatoms. The highest BCUT2D eigenvalue weighted by Gasteiger charge is 2.14.